The number of nitrogens with zero attached hydrogens (tertiary/aromatic N) is 2. The van der Waals surface area contributed by atoms with Crippen molar-refractivity contribution in [2.24, 2.45) is 0 Å². The van der Waals surface area contributed by atoms with Crippen molar-refractivity contribution in [3.05, 3.63) is 52.6 Å². The Morgan fingerprint density at radius 2 is 2.22 bits per heavy atom. The van der Waals surface area contributed by atoms with Gasteiger partial charge in [0.15, 0.2) is 0 Å². The van der Waals surface area contributed by atoms with E-state index in [1.165, 1.54) is 6.07 Å². The molecule has 0 aliphatic heterocycles. The minimum Gasteiger partial charge on any atom is -0.308 e. The Balaban J connectivity index is 2.49. The molecule has 96 valence electrons. The Bertz CT molecular complexity index is 539. The minimum atomic E-state index is -0.406. The molecule has 0 aliphatic carbocycles. The van der Waals surface area contributed by atoms with Gasteiger partial charge in [0.25, 0.3) is 0 Å². The number of benzene rings is 1. The Morgan fingerprint density at radius 1 is 1.44 bits per heavy atom. The molecule has 1 atom stereocenters. The normalized spacial score (nSPS) is 12.7. The molecule has 1 heterocycles. The zero-order valence-electron chi connectivity index (χ0n) is 10.3. The highest BCUT2D eigenvalue weighted by Crippen LogP contribution is 2.29. The Hall–Kier alpha value is -1.39. The maximum absolute atomic E-state index is 13.5. The van der Waals surface area contributed by atoms with Gasteiger partial charge >= 0.3 is 0 Å². The molecule has 2 aromatic rings. The van der Waals surface area contributed by atoms with Gasteiger partial charge < -0.3 is 5.32 Å². The van der Waals surface area contributed by atoms with E-state index in [9.17, 15) is 4.39 Å². The average molecular weight is 268 g/mol. The van der Waals surface area contributed by atoms with Gasteiger partial charge in [-0.3, -0.25) is 4.68 Å². The third kappa shape index (κ3) is 2.26. The highest BCUT2D eigenvalue weighted by Gasteiger charge is 2.20. The molecule has 2 rings (SSSR count). The molecule has 0 aliphatic rings. The lowest BCUT2D eigenvalue weighted by Crippen LogP contribution is -2.22. The molecule has 3 nitrogen and oxygen atoms in total. The molecule has 0 saturated heterocycles. The number of aryl methyl sites for hydroxylation is 1. The monoisotopic (exact) mass is 267 g/mol. The van der Waals surface area contributed by atoms with Gasteiger partial charge in [0, 0.05) is 12.7 Å². The Morgan fingerprint density at radius 3 is 2.89 bits per heavy atom. The first kappa shape index (κ1) is 13.1. The lowest BCUT2D eigenvalue weighted by Gasteiger charge is -2.19. The van der Waals surface area contributed by atoms with E-state index < -0.39 is 5.82 Å². The lowest BCUT2D eigenvalue weighted by molar-refractivity contribution is 0.558. The van der Waals surface area contributed by atoms with Crippen molar-refractivity contribution < 1.29 is 4.39 Å². The summed E-state index contributed by atoms with van der Waals surface area (Å²) in [6, 6.07) is 6.57. The van der Waals surface area contributed by atoms with Crippen molar-refractivity contribution in [3.8, 4) is 0 Å². The van der Waals surface area contributed by atoms with Crippen molar-refractivity contribution in [1.29, 1.82) is 0 Å². The summed E-state index contributed by atoms with van der Waals surface area (Å²) in [5.41, 5.74) is 1.68. The van der Waals surface area contributed by atoms with E-state index in [-0.39, 0.29) is 11.1 Å². The number of hydrogen-bond donors (Lipinski definition) is 1. The van der Waals surface area contributed by atoms with Crippen molar-refractivity contribution >= 4 is 11.6 Å². The van der Waals surface area contributed by atoms with Gasteiger partial charge in [-0.2, -0.15) is 5.10 Å². The lowest BCUT2D eigenvalue weighted by atomic mass is 10.0. The van der Waals surface area contributed by atoms with Crippen molar-refractivity contribution in [3.63, 3.8) is 0 Å². The van der Waals surface area contributed by atoms with Gasteiger partial charge in [0.2, 0.25) is 0 Å². The molecule has 18 heavy (non-hydrogen) atoms. The number of aromatic nitrogens is 2. The smallest absolute Gasteiger partial charge is 0.142 e. The second kappa shape index (κ2) is 5.50. The molecule has 0 amide bonds. The van der Waals surface area contributed by atoms with Crippen LogP contribution in [0.3, 0.4) is 0 Å². The second-order valence-corrected chi connectivity index (χ2v) is 4.31. The van der Waals surface area contributed by atoms with E-state index in [2.05, 4.69) is 10.4 Å². The SMILES string of the molecule is CCn1nccc1C(NC)c1cccc(F)c1Cl. The van der Waals surface area contributed by atoms with Crippen LogP contribution < -0.4 is 5.32 Å². The predicted molar refractivity (Wildman–Crippen MR) is 70.2 cm³/mol. The summed E-state index contributed by atoms with van der Waals surface area (Å²) in [4.78, 5) is 0. The summed E-state index contributed by atoms with van der Waals surface area (Å²) >= 11 is 6.03. The molecule has 1 N–H and O–H groups in total. The van der Waals surface area contributed by atoms with Crippen LogP contribution in [0.1, 0.15) is 24.2 Å². The van der Waals surface area contributed by atoms with Crippen molar-refractivity contribution in [2.45, 2.75) is 19.5 Å². The van der Waals surface area contributed by atoms with E-state index >= 15 is 0 Å². The quantitative estimate of drug-likeness (QED) is 0.923. The maximum Gasteiger partial charge on any atom is 0.142 e. The zero-order chi connectivity index (χ0) is 13.1. The molecule has 0 bridgehead atoms. The van der Waals surface area contributed by atoms with Gasteiger partial charge in [-0.1, -0.05) is 23.7 Å². The molecule has 0 radical (unpaired) electrons. The fourth-order valence-corrected chi connectivity index (χ4v) is 2.29. The number of nitrogens with one attached hydrogen (secondary N) is 1. The van der Waals surface area contributed by atoms with Crippen LogP contribution in [0.5, 0.6) is 0 Å². The third-order valence-electron chi connectivity index (χ3n) is 2.93. The highest BCUT2D eigenvalue weighted by molar-refractivity contribution is 6.31. The average Bonchev–Trinajstić information content (AvgIpc) is 2.83. The zero-order valence-corrected chi connectivity index (χ0v) is 11.1. The van der Waals surface area contributed by atoms with Crippen LogP contribution in [0.15, 0.2) is 30.5 Å². The van der Waals surface area contributed by atoms with Crippen molar-refractivity contribution in [2.75, 3.05) is 7.05 Å². The molecule has 1 unspecified atom stereocenters. The number of rotatable bonds is 4. The fraction of sp³-hybridized carbons (Fsp3) is 0.308. The van der Waals surface area contributed by atoms with E-state index in [1.54, 1.807) is 12.3 Å². The molecule has 0 spiro atoms. The van der Waals surface area contributed by atoms with Crippen LogP contribution in [0.2, 0.25) is 5.02 Å². The third-order valence-corrected chi connectivity index (χ3v) is 3.32. The molecular formula is C13H15ClFN3. The first-order chi connectivity index (χ1) is 8.69. The van der Waals surface area contributed by atoms with E-state index in [1.807, 2.05) is 30.8 Å². The van der Waals surface area contributed by atoms with Crippen molar-refractivity contribution in [1.82, 2.24) is 15.1 Å². The molecule has 0 saturated carbocycles. The number of hydrogen-bond acceptors (Lipinski definition) is 2. The molecule has 0 fully saturated rings. The first-order valence-corrected chi connectivity index (χ1v) is 6.19. The maximum atomic E-state index is 13.5. The van der Waals surface area contributed by atoms with Gasteiger partial charge in [-0.05, 0) is 31.7 Å². The summed E-state index contributed by atoms with van der Waals surface area (Å²) in [6.45, 7) is 2.77. The van der Waals surface area contributed by atoms with Crippen LogP contribution in [-0.2, 0) is 6.54 Å². The van der Waals surface area contributed by atoms with Gasteiger partial charge in [-0.25, -0.2) is 4.39 Å². The van der Waals surface area contributed by atoms with E-state index in [0.717, 1.165) is 17.8 Å². The van der Waals surface area contributed by atoms with Gasteiger partial charge in [0.05, 0.1) is 16.8 Å². The summed E-state index contributed by atoms with van der Waals surface area (Å²) in [5, 5.41) is 7.53. The number of halogens is 2. The standard InChI is InChI=1S/C13H15ClFN3/c1-3-18-11(7-8-17-18)13(16-2)9-5-4-6-10(15)12(9)14/h4-8,13,16H,3H2,1-2H3. The second-order valence-electron chi connectivity index (χ2n) is 3.94. The van der Waals surface area contributed by atoms with Crippen LogP contribution in [0.4, 0.5) is 4.39 Å². The van der Waals surface area contributed by atoms with E-state index in [4.69, 9.17) is 11.6 Å². The molecule has 1 aromatic heterocycles. The molecule has 5 heteroatoms. The Kier molecular flexibility index (Phi) is 3.99. The summed E-state index contributed by atoms with van der Waals surface area (Å²) in [5.74, 6) is -0.406. The largest absolute Gasteiger partial charge is 0.308 e. The topological polar surface area (TPSA) is 29.9 Å². The van der Waals surface area contributed by atoms with Gasteiger partial charge in [-0.15, -0.1) is 0 Å². The van der Waals surface area contributed by atoms with Crippen LogP contribution >= 0.6 is 11.6 Å². The fourth-order valence-electron chi connectivity index (χ4n) is 2.06. The summed E-state index contributed by atoms with van der Waals surface area (Å²) in [7, 11) is 1.82. The molecular weight excluding hydrogens is 253 g/mol. The summed E-state index contributed by atoms with van der Waals surface area (Å²) < 4.78 is 15.4. The van der Waals surface area contributed by atoms with Crippen LogP contribution in [0.25, 0.3) is 0 Å². The van der Waals surface area contributed by atoms with Gasteiger partial charge in [0.1, 0.15) is 5.82 Å². The summed E-state index contributed by atoms with van der Waals surface area (Å²) in [6.07, 6.45) is 1.73. The van der Waals surface area contributed by atoms with E-state index in [0.29, 0.717) is 0 Å². The van der Waals surface area contributed by atoms with Crippen LogP contribution in [-0.4, -0.2) is 16.8 Å². The highest BCUT2D eigenvalue weighted by atomic mass is 35.5. The van der Waals surface area contributed by atoms with Crippen LogP contribution in [0, 0.1) is 5.82 Å². The predicted octanol–water partition coefficient (Wildman–Crippen LogP) is 3.00. The Labute approximate surface area is 111 Å². The first-order valence-electron chi connectivity index (χ1n) is 5.82. The minimum absolute atomic E-state index is 0.153. The molecule has 1 aromatic carbocycles.